The molecule has 0 bridgehead atoms. The van der Waals surface area contributed by atoms with Gasteiger partial charge in [0.25, 0.3) is 0 Å². The molecule has 0 aliphatic carbocycles. The van der Waals surface area contributed by atoms with E-state index < -0.39 is 0 Å². The van der Waals surface area contributed by atoms with E-state index in [0.29, 0.717) is 0 Å². The van der Waals surface area contributed by atoms with Gasteiger partial charge < -0.3 is 9.53 Å². The van der Waals surface area contributed by atoms with Gasteiger partial charge >= 0.3 is 0 Å². The smallest absolute Gasteiger partial charge is 0.118 e. The predicted molar refractivity (Wildman–Crippen MR) is 122 cm³/mol. The van der Waals surface area contributed by atoms with Gasteiger partial charge in [-0.2, -0.15) is 0 Å². The number of unbranched alkanes of at least 4 members (excludes halogenated alkanes) is 2. The van der Waals surface area contributed by atoms with Crippen LogP contribution in [0, 0.1) is 0 Å². The van der Waals surface area contributed by atoms with Crippen LogP contribution in [0.15, 0.2) is 65.7 Å². The van der Waals surface area contributed by atoms with Crippen LogP contribution in [0.25, 0.3) is 6.08 Å². The Kier molecular flexibility index (Phi) is 16.0. The van der Waals surface area contributed by atoms with Crippen LogP contribution in [0.5, 0.6) is 5.75 Å². The van der Waals surface area contributed by atoms with Gasteiger partial charge in [-0.05, 0) is 55.0 Å². The van der Waals surface area contributed by atoms with E-state index in [9.17, 15) is 0 Å². The molecule has 2 aromatic rings. The maximum absolute atomic E-state index is 8.00. The Labute approximate surface area is 171 Å². The highest BCUT2D eigenvalue weighted by atomic mass is 16.5. The van der Waals surface area contributed by atoms with Crippen molar-refractivity contribution in [3.05, 3.63) is 71.8 Å². The summed E-state index contributed by atoms with van der Waals surface area (Å²) in [5.41, 5.74) is 3.77. The third-order valence-electron chi connectivity index (χ3n) is 4.11. The quantitative estimate of drug-likeness (QED) is 0.371. The van der Waals surface area contributed by atoms with Crippen LogP contribution < -0.4 is 4.74 Å². The van der Waals surface area contributed by atoms with Crippen LogP contribution in [0.1, 0.15) is 50.7 Å². The number of rotatable bonds is 9. The molecule has 3 heteroatoms. The first-order chi connectivity index (χ1) is 13.8. The predicted octanol–water partition coefficient (Wildman–Crippen LogP) is 6.42. The fraction of sp³-hybridized carbons (Fsp3) is 0.360. The number of nitrogens with zero attached hydrogens (tertiary/aromatic N) is 1. The van der Waals surface area contributed by atoms with Crippen molar-refractivity contribution in [3.8, 4) is 5.75 Å². The van der Waals surface area contributed by atoms with Gasteiger partial charge in [0.05, 0.1) is 7.11 Å². The summed E-state index contributed by atoms with van der Waals surface area (Å²) in [6.45, 7) is 6.00. The Morgan fingerprint density at radius 1 is 0.964 bits per heavy atom. The maximum atomic E-state index is 8.00. The zero-order chi connectivity index (χ0) is 21.0. The van der Waals surface area contributed by atoms with Gasteiger partial charge in [-0.25, -0.2) is 0 Å². The highest BCUT2D eigenvalue weighted by molar-refractivity contribution is 5.98. The number of aryl methyl sites for hydroxylation is 1. The molecule has 3 nitrogen and oxygen atoms in total. The lowest BCUT2D eigenvalue weighted by molar-refractivity contribution is -0.0979. The molecule has 152 valence electrons. The summed E-state index contributed by atoms with van der Waals surface area (Å²) in [6, 6.07) is 18.7. The number of carbonyl (C=O) groups excluding carboxylic acids is 1. The van der Waals surface area contributed by atoms with Crippen molar-refractivity contribution < 1.29 is 9.53 Å². The molecular formula is C25H35NO2. The monoisotopic (exact) mass is 381 g/mol. The van der Waals surface area contributed by atoms with Crippen molar-refractivity contribution in [2.24, 2.45) is 4.99 Å². The van der Waals surface area contributed by atoms with Crippen molar-refractivity contribution in [1.29, 1.82) is 0 Å². The normalized spacial score (nSPS) is 10.5. The van der Waals surface area contributed by atoms with E-state index >= 15 is 0 Å². The first-order valence-electron chi connectivity index (χ1n) is 9.92. The highest BCUT2D eigenvalue weighted by Gasteiger charge is 1.98. The molecular weight excluding hydrogens is 346 g/mol. The van der Waals surface area contributed by atoms with Crippen LogP contribution in [0.3, 0.4) is 0 Å². The zero-order valence-electron chi connectivity index (χ0n) is 17.9. The molecule has 2 rings (SSSR count). The molecule has 0 fully saturated rings. The number of ether oxygens (including phenoxy) is 1. The van der Waals surface area contributed by atoms with E-state index in [-0.39, 0.29) is 0 Å². The molecule has 0 spiro atoms. The first kappa shape index (κ1) is 25.3. The van der Waals surface area contributed by atoms with Crippen LogP contribution in [0.4, 0.5) is 0 Å². The average Bonchev–Trinajstić information content (AvgIpc) is 2.79. The molecule has 0 atom stereocenters. The Morgan fingerprint density at radius 2 is 1.61 bits per heavy atom. The highest BCUT2D eigenvalue weighted by Crippen LogP contribution is 2.14. The molecule has 0 aliphatic heterocycles. The molecule has 0 unspecified atom stereocenters. The number of carbonyl (C=O) groups is 1. The van der Waals surface area contributed by atoms with E-state index in [1.165, 1.54) is 36.1 Å². The Balaban J connectivity index is 0.00000171. The second kappa shape index (κ2) is 17.7. The lowest BCUT2D eigenvalue weighted by atomic mass is 10.0. The number of hydrogen-bond donors (Lipinski definition) is 0. The molecule has 0 aliphatic rings. The SMILES string of the molecule is C=O.CC.CN=C(/C=C/c1ccccc1)CCCCCc1ccc(OC)cc1. The van der Waals surface area contributed by atoms with Gasteiger partial charge in [0, 0.05) is 12.8 Å². The van der Waals surface area contributed by atoms with Crippen molar-refractivity contribution in [2.75, 3.05) is 14.2 Å². The molecule has 2 aromatic carbocycles. The number of allylic oxidation sites excluding steroid dienone is 1. The number of hydrogen-bond acceptors (Lipinski definition) is 3. The van der Waals surface area contributed by atoms with Gasteiger partial charge in [-0.1, -0.05) is 68.8 Å². The third-order valence-corrected chi connectivity index (χ3v) is 4.11. The minimum atomic E-state index is 0.924. The van der Waals surface area contributed by atoms with Gasteiger partial charge in [-0.3, -0.25) is 4.99 Å². The number of aliphatic imine (C=N–C) groups is 1. The number of methoxy groups -OCH3 is 1. The maximum Gasteiger partial charge on any atom is 0.118 e. The molecule has 0 radical (unpaired) electrons. The van der Waals surface area contributed by atoms with Crippen molar-refractivity contribution in [2.45, 2.75) is 46.0 Å². The van der Waals surface area contributed by atoms with Crippen LogP contribution in [-0.2, 0) is 11.2 Å². The topological polar surface area (TPSA) is 38.7 Å². The van der Waals surface area contributed by atoms with E-state index in [0.717, 1.165) is 18.6 Å². The number of benzene rings is 2. The van der Waals surface area contributed by atoms with Gasteiger partial charge in [0.2, 0.25) is 0 Å². The molecule has 0 N–H and O–H groups in total. The van der Waals surface area contributed by atoms with Crippen molar-refractivity contribution in [3.63, 3.8) is 0 Å². The third kappa shape index (κ3) is 11.1. The second-order valence-electron chi connectivity index (χ2n) is 5.87. The minimum Gasteiger partial charge on any atom is -0.497 e. The van der Waals surface area contributed by atoms with Gasteiger partial charge in [0.15, 0.2) is 0 Å². The Hall–Kier alpha value is -2.68. The van der Waals surface area contributed by atoms with E-state index in [1.54, 1.807) is 7.11 Å². The van der Waals surface area contributed by atoms with E-state index in [1.807, 2.05) is 45.9 Å². The lowest BCUT2D eigenvalue weighted by Crippen LogP contribution is -1.94. The zero-order valence-corrected chi connectivity index (χ0v) is 17.9. The standard InChI is InChI=1S/C22H27NO.C2H6.CH2O/c1-23-21(16-13-19-9-5-3-6-10-19)12-8-4-7-11-20-14-17-22(24-2)18-15-20;2*1-2/h3,5-6,9-10,13-18H,4,7-8,11-12H2,1-2H3;1-2H3;1H2/b16-13+,23-21?;;. The second-order valence-corrected chi connectivity index (χ2v) is 5.87. The molecule has 0 saturated carbocycles. The first-order valence-corrected chi connectivity index (χ1v) is 9.92. The van der Waals surface area contributed by atoms with Crippen molar-refractivity contribution >= 4 is 18.6 Å². The molecule has 0 amide bonds. The molecule has 0 saturated heterocycles. The Bertz CT molecular complexity index is 661. The summed E-state index contributed by atoms with van der Waals surface area (Å²) < 4.78 is 5.19. The lowest BCUT2D eigenvalue weighted by Gasteiger charge is -2.04. The van der Waals surface area contributed by atoms with Gasteiger partial charge in [0.1, 0.15) is 12.5 Å². The van der Waals surface area contributed by atoms with E-state index in [2.05, 4.69) is 53.5 Å². The van der Waals surface area contributed by atoms with Crippen LogP contribution >= 0.6 is 0 Å². The summed E-state index contributed by atoms with van der Waals surface area (Å²) in [5.74, 6) is 0.924. The average molecular weight is 382 g/mol. The van der Waals surface area contributed by atoms with Crippen LogP contribution in [0.2, 0.25) is 0 Å². The van der Waals surface area contributed by atoms with Crippen molar-refractivity contribution in [1.82, 2.24) is 0 Å². The van der Waals surface area contributed by atoms with E-state index in [4.69, 9.17) is 9.53 Å². The van der Waals surface area contributed by atoms with Gasteiger partial charge in [-0.15, -0.1) is 0 Å². The largest absolute Gasteiger partial charge is 0.497 e. The fourth-order valence-corrected chi connectivity index (χ4v) is 2.63. The minimum absolute atomic E-state index is 0.924. The summed E-state index contributed by atoms with van der Waals surface area (Å²) in [4.78, 5) is 12.4. The summed E-state index contributed by atoms with van der Waals surface area (Å²) >= 11 is 0. The summed E-state index contributed by atoms with van der Waals surface area (Å²) in [7, 11) is 3.58. The molecule has 28 heavy (non-hydrogen) atoms. The summed E-state index contributed by atoms with van der Waals surface area (Å²) in [5, 5.41) is 0. The molecule has 0 heterocycles. The Morgan fingerprint density at radius 3 is 2.18 bits per heavy atom. The fourth-order valence-electron chi connectivity index (χ4n) is 2.63. The summed E-state index contributed by atoms with van der Waals surface area (Å²) in [6.07, 6.45) is 10.1. The molecule has 0 aromatic heterocycles. The van der Waals surface area contributed by atoms with Crippen LogP contribution in [-0.4, -0.2) is 26.7 Å².